The molecule has 94 valence electrons. The number of imidazole rings is 1. The van der Waals surface area contributed by atoms with Gasteiger partial charge in [-0.05, 0) is 26.3 Å². The van der Waals surface area contributed by atoms with Crippen LogP contribution in [0.5, 0.6) is 0 Å². The molecule has 0 aromatic carbocycles. The van der Waals surface area contributed by atoms with E-state index >= 15 is 0 Å². The van der Waals surface area contributed by atoms with Crippen molar-refractivity contribution in [3.63, 3.8) is 0 Å². The SMILES string of the molecule is CC1NCCC1C(=O)NCCCn1ccnc1. The van der Waals surface area contributed by atoms with Crippen LogP contribution in [0.1, 0.15) is 19.8 Å². The summed E-state index contributed by atoms with van der Waals surface area (Å²) in [5.41, 5.74) is 0. The molecule has 1 amide bonds. The molecule has 5 heteroatoms. The predicted molar refractivity (Wildman–Crippen MR) is 65.4 cm³/mol. The van der Waals surface area contributed by atoms with Gasteiger partial charge in [0.1, 0.15) is 0 Å². The first-order chi connectivity index (χ1) is 8.27. The molecule has 2 heterocycles. The molecule has 1 aliphatic rings. The Labute approximate surface area is 102 Å². The minimum atomic E-state index is 0.142. The maximum Gasteiger partial charge on any atom is 0.224 e. The van der Waals surface area contributed by atoms with Crippen LogP contribution in [-0.2, 0) is 11.3 Å². The normalized spacial score (nSPS) is 23.8. The van der Waals surface area contributed by atoms with Crippen LogP contribution in [-0.4, -0.2) is 34.6 Å². The van der Waals surface area contributed by atoms with Crippen LogP contribution in [0.4, 0.5) is 0 Å². The van der Waals surface area contributed by atoms with Gasteiger partial charge in [0.25, 0.3) is 0 Å². The second kappa shape index (κ2) is 5.82. The minimum absolute atomic E-state index is 0.142. The molecule has 0 saturated carbocycles. The van der Waals surface area contributed by atoms with Crippen LogP contribution in [0.15, 0.2) is 18.7 Å². The number of nitrogens with zero attached hydrogens (tertiary/aromatic N) is 2. The smallest absolute Gasteiger partial charge is 0.224 e. The average Bonchev–Trinajstić information content (AvgIpc) is 2.95. The number of nitrogens with one attached hydrogen (secondary N) is 2. The number of aryl methyl sites for hydroxylation is 1. The Bertz CT molecular complexity index is 349. The van der Waals surface area contributed by atoms with E-state index in [1.165, 1.54) is 0 Å². The third-order valence-corrected chi connectivity index (χ3v) is 3.31. The highest BCUT2D eigenvalue weighted by molar-refractivity contribution is 5.79. The second-order valence-corrected chi connectivity index (χ2v) is 4.58. The summed E-state index contributed by atoms with van der Waals surface area (Å²) in [7, 11) is 0. The van der Waals surface area contributed by atoms with Crippen molar-refractivity contribution in [3.8, 4) is 0 Å². The molecule has 0 bridgehead atoms. The fourth-order valence-electron chi connectivity index (χ4n) is 2.24. The lowest BCUT2D eigenvalue weighted by Gasteiger charge is -2.14. The van der Waals surface area contributed by atoms with Gasteiger partial charge in [0.05, 0.1) is 12.2 Å². The van der Waals surface area contributed by atoms with Gasteiger partial charge in [-0.3, -0.25) is 4.79 Å². The summed E-state index contributed by atoms with van der Waals surface area (Å²) in [6.07, 6.45) is 7.39. The quantitative estimate of drug-likeness (QED) is 0.727. The summed E-state index contributed by atoms with van der Waals surface area (Å²) in [4.78, 5) is 15.8. The number of rotatable bonds is 5. The maximum atomic E-state index is 11.8. The molecule has 2 N–H and O–H groups in total. The Kier molecular flexibility index (Phi) is 4.14. The number of amides is 1. The van der Waals surface area contributed by atoms with Crippen LogP contribution in [0.25, 0.3) is 0 Å². The van der Waals surface area contributed by atoms with E-state index in [2.05, 4.69) is 22.5 Å². The Hall–Kier alpha value is -1.36. The van der Waals surface area contributed by atoms with Crippen LogP contribution >= 0.6 is 0 Å². The molecule has 0 aliphatic carbocycles. The Morgan fingerprint density at radius 1 is 1.65 bits per heavy atom. The van der Waals surface area contributed by atoms with Crippen LogP contribution in [0, 0.1) is 5.92 Å². The second-order valence-electron chi connectivity index (χ2n) is 4.58. The molecule has 2 atom stereocenters. The summed E-state index contributed by atoms with van der Waals surface area (Å²) < 4.78 is 2.02. The summed E-state index contributed by atoms with van der Waals surface area (Å²) in [5, 5.41) is 6.29. The third-order valence-electron chi connectivity index (χ3n) is 3.31. The number of aromatic nitrogens is 2. The van der Waals surface area contributed by atoms with Gasteiger partial charge in [-0.15, -0.1) is 0 Å². The van der Waals surface area contributed by atoms with Gasteiger partial charge in [-0.1, -0.05) is 0 Å². The molecule has 1 saturated heterocycles. The molecule has 2 unspecified atom stereocenters. The van der Waals surface area contributed by atoms with Crippen molar-refractivity contribution >= 4 is 5.91 Å². The van der Waals surface area contributed by atoms with Crippen LogP contribution in [0.2, 0.25) is 0 Å². The van der Waals surface area contributed by atoms with E-state index in [-0.39, 0.29) is 11.8 Å². The predicted octanol–water partition coefficient (Wildman–Crippen LogP) is 0.387. The van der Waals surface area contributed by atoms with Gasteiger partial charge in [0.15, 0.2) is 0 Å². The van der Waals surface area contributed by atoms with E-state index in [9.17, 15) is 4.79 Å². The van der Waals surface area contributed by atoms with Gasteiger partial charge in [-0.25, -0.2) is 4.98 Å². The molecule has 1 aromatic heterocycles. The standard InChI is InChI=1S/C12H20N4O/c1-10-11(3-5-14-10)12(17)15-4-2-7-16-8-6-13-9-16/h6,8-11,14H,2-5,7H2,1H3,(H,15,17). The molecule has 1 aliphatic heterocycles. The molecular formula is C12H20N4O. The van der Waals surface area contributed by atoms with E-state index in [0.29, 0.717) is 6.04 Å². The highest BCUT2D eigenvalue weighted by Crippen LogP contribution is 2.14. The molecule has 2 rings (SSSR count). The minimum Gasteiger partial charge on any atom is -0.356 e. The first-order valence-corrected chi connectivity index (χ1v) is 6.24. The monoisotopic (exact) mass is 236 g/mol. The first-order valence-electron chi connectivity index (χ1n) is 6.24. The fourth-order valence-corrected chi connectivity index (χ4v) is 2.24. The Balaban J connectivity index is 1.63. The summed E-state index contributed by atoms with van der Waals surface area (Å²) in [6.45, 7) is 4.66. The lowest BCUT2D eigenvalue weighted by molar-refractivity contribution is -0.125. The van der Waals surface area contributed by atoms with Crippen molar-refractivity contribution < 1.29 is 4.79 Å². The molecule has 5 nitrogen and oxygen atoms in total. The molecule has 17 heavy (non-hydrogen) atoms. The molecular weight excluding hydrogens is 216 g/mol. The van der Waals surface area contributed by atoms with Crippen LogP contribution < -0.4 is 10.6 Å². The number of carbonyl (C=O) groups is 1. The number of hydrogen-bond acceptors (Lipinski definition) is 3. The summed E-state index contributed by atoms with van der Waals surface area (Å²) in [5.74, 6) is 0.330. The highest BCUT2D eigenvalue weighted by Gasteiger charge is 2.28. The van der Waals surface area contributed by atoms with Gasteiger partial charge < -0.3 is 15.2 Å². The average molecular weight is 236 g/mol. The molecule has 0 radical (unpaired) electrons. The van der Waals surface area contributed by atoms with Crippen molar-refractivity contribution in [3.05, 3.63) is 18.7 Å². The van der Waals surface area contributed by atoms with Crippen molar-refractivity contribution in [1.29, 1.82) is 0 Å². The summed E-state index contributed by atoms with van der Waals surface area (Å²) >= 11 is 0. The Morgan fingerprint density at radius 2 is 2.53 bits per heavy atom. The van der Waals surface area contributed by atoms with E-state index in [1.54, 1.807) is 12.5 Å². The first kappa shape index (κ1) is 12.1. The lowest BCUT2D eigenvalue weighted by Crippen LogP contribution is -2.37. The lowest BCUT2D eigenvalue weighted by atomic mass is 10.0. The third kappa shape index (κ3) is 3.30. The molecule has 1 fully saturated rings. The fraction of sp³-hybridized carbons (Fsp3) is 0.667. The van der Waals surface area contributed by atoms with E-state index in [0.717, 1.165) is 32.5 Å². The van der Waals surface area contributed by atoms with Crippen LogP contribution in [0.3, 0.4) is 0 Å². The van der Waals surface area contributed by atoms with Crippen molar-refractivity contribution in [1.82, 2.24) is 20.2 Å². The van der Waals surface area contributed by atoms with Gasteiger partial charge in [0, 0.05) is 31.5 Å². The topological polar surface area (TPSA) is 59.0 Å². The molecule has 1 aromatic rings. The Morgan fingerprint density at radius 3 is 3.18 bits per heavy atom. The zero-order chi connectivity index (χ0) is 12.1. The zero-order valence-electron chi connectivity index (χ0n) is 10.2. The van der Waals surface area contributed by atoms with Gasteiger partial charge in [-0.2, -0.15) is 0 Å². The number of carbonyl (C=O) groups excluding carboxylic acids is 1. The number of hydrogen-bond donors (Lipinski definition) is 2. The van der Waals surface area contributed by atoms with E-state index in [4.69, 9.17) is 0 Å². The maximum absolute atomic E-state index is 11.8. The van der Waals surface area contributed by atoms with E-state index < -0.39 is 0 Å². The zero-order valence-corrected chi connectivity index (χ0v) is 10.2. The van der Waals surface area contributed by atoms with Crippen molar-refractivity contribution in [2.24, 2.45) is 5.92 Å². The largest absolute Gasteiger partial charge is 0.356 e. The highest BCUT2D eigenvalue weighted by atomic mass is 16.1. The van der Waals surface area contributed by atoms with E-state index in [1.807, 2.05) is 10.8 Å². The van der Waals surface area contributed by atoms with Crippen molar-refractivity contribution in [2.45, 2.75) is 32.4 Å². The molecule has 0 spiro atoms. The summed E-state index contributed by atoms with van der Waals surface area (Å²) in [6, 6.07) is 0.309. The van der Waals surface area contributed by atoms with Crippen molar-refractivity contribution in [2.75, 3.05) is 13.1 Å². The van der Waals surface area contributed by atoms with Gasteiger partial charge in [0.2, 0.25) is 5.91 Å². The van der Waals surface area contributed by atoms with Gasteiger partial charge >= 0.3 is 0 Å².